The molecule has 0 aliphatic heterocycles. The molecule has 0 saturated heterocycles. The third-order valence-corrected chi connectivity index (χ3v) is 2.31. The van der Waals surface area contributed by atoms with Crippen molar-refractivity contribution in [2.75, 3.05) is 0 Å². The summed E-state index contributed by atoms with van der Waals surface area (Å²) in [4.78, 5) is 4.34. The lowest BCUT2D eigenvalue weighted by Crippen LogP contribution is -2.11. The fraction of sp³-hybridized carbons (Fsp3) is 0.200. The van der Waals surface area contributed by atoms with E-state index in [4.69, 9.17) is 11.1 Å². The van der Waals surface area contributed by atoms with Crippen LogP contribution < -0.4 is 5.73 Å². The topological polar surface area (TPSA) is 67.2 Å². The highest BCUT2D eigenvalue weighted by atomic mass is 15.0. The highest BCUT2D eigenvalue weighted by Gasteiger charge is 2.05. The van der Waals surface area contributed by atoms with Gasteiger partial charge in [0.25, 0.3) is 0 Å². The van der Waals surface area contributed by atoms with Crippen LogP contribution in [0, 0.1) is 19.3 Å². The van der Waals surface area contributed by atoms with Gasteiger partial charge in [0.05, 0.1) is 11.2 Å². The number of pyridine rings is 1. The molecule has 3 N–H and O–H groups in total. The number of imidazole rings is 1. The number of nitrogens with one attached hydrogen (secondary N) is 1. The number of nitrogens with two attached hydrogens (primary N) is 1. The molecule has 0 aromatic carbocycles. The molecule has 0 aliphatic rings. The molecule has 2 aromatic heterocycles. The minimum absolute atomic E-state index is 0.0887. The molecule has 72 valence electrons. The van der Waals surface area contributed by atoms with Crippen LogP contribution in [0.4, 0.5) is 0 Å². The first-order valence-electron chi connectivity index (χ1n) is 4.39. The third kappa shape index (κ3) is 1.16. The maximum absolute atomic E-state index is 7.34. The summed E-state index contributed by atoms with van der Waals surface area (Å²) in [6.07, 6.45) is 1.89. The molecular weight excluding hydrogens is 176 g/mol. The van der Waals surface area contributed by atoms with Gasteiger partial charge in [-0.2, -0.15) is 0 Å². The van der Waals surface area contributed by atoms with Crippen LogP contribution in [0.25, 0.3) is 5.52 Å². The fourth-order valence-electron chi connectivity index (χ4n) is 1.58. The molecule has 4 nitrogen and oxygen atoms in total. The van der Waals surface area contributed by atoms with E-state index in [0.717, 1.165) is 22.6 Å². The van der Waals surface area contributed by atoms with E-state index < -0.39 is 0 Å². The van der Waals surface area contributed by atoms with E-state index in [9.17, 15) is 0 Å². The second-order valence-corrected chi connectivity index (χ2v) is 3.33. The van der Waals surface area contributed by atoms with Crippen LogP contribution in [0.1, 0.15) is 17.1 Å². The van der Waals surface area contributed by atoms with Crippen LogP contribution in [0.5, 0.6) is 0 Å². The fourth-order valence-corrected chi connectivity index (χ4v) is 1.58. The summed E-state index contributed by atoms with van der Waals surface area (Å²) < 4.78 is 1.99. The van der Waals surface area contributed by atoms with Gasteiger partial charge in [0.1, 0.15) is 11.7 Å². The average molecular weight is 188 g/mol. The maximum Gasteiger partial charge on any atom is 0.122 e. The van der Waals surface area contributed by atoms with Crippen LogP contribution in [0.15, 0.2) is 18.3 Å². The van der Waals surface area contributed by atoms with Crippen LogP contribution in [0.3, 0.4) is 0 Å². The molecule has 2 rings (SSSR count). The van der Waals surface area contributed by atoms with Crippen molar-refractivity contribution < 1.29 is 0 Å². The lowest BCUT2D eigenvalue weighted by Gasteiger charge is -2.00. The Bertz CT molecular complexity index is 510. The van der Waals surface area contributed by atoms with Gasteiger partial charge in [-0.25, -0.2) is 4.98 Å². The van der Waals surface area contributed by atoms with Gasteiger partial charge in [0.2, 0.25) is 0 Å². The second-order valence-electron chi connectivity index (χ2n) is 3.33. The maximum atomic E-state index is 7.34. The molecule has 0 aliphatic carbocycles. The number of amidine groups is 1. The van der Waals surface area contributed by atoms with Gasteiger partial charge in [0.15, 0.2) is 0 Å². The SMILES string of the molecule is Cc1nc(C)n2ccc(C(=N)N)cc12. The van der Waals surface area contributed by atoms with E-state index in [1.807, 2.05) is 36.6 Å². The summed E-state index contributed by atoms with van der Waals surface area (Å²) in [5, 5.41) is 7.34. The summed E-state index contributed by atoms with van der Waals surface area (Å²) in [7, 11) is 0. The van der Waals surface area contributed by atoms with Crippen LogP contribution in [-0.4, -0.2) is 15.2 Å². The monoisotopic (exact) mass is 188 g/mol. The highest BCUT2D eigenvalue weighted by Crippen LogP contribution is 2.13. The Balaban J connectivity index is 2.77. The number of rotatable bonds is 1. The van der Waals surface area contributed by atoms with Crippen LogP contribution >= 0.6 is 0 Å². The largest absolute Gasteiger partial charge is 0.384 e. The van der Waals surface area contributed by atoms with E-state index in [0.29, 0.717) is 0 Å². The number of nitrogens with zero attached hydrogens (tertiary/aromatic N) is 2. The van der Waals surface area contributed by atoms with Crippen molar-refractivity contribution in [2.24, 2.45) is 5.73 Å². The normalized spacial score (nSPS) is 10.7. The molecule has 0 atom stereocenters. The van der Waals surface area contributed by atoms with Crippen molar-refractivity contribution in [3.63, 3.8) is 0 Å². The molecule has 0 saturated carbocycles. The minimum Gasteiger partial charge on any atom is -0.384 e. The first-order valence-corrected chi connectivity index (χ1v) is 4.39. The zero-order valence-corrected chi connectivity index (χ0v) is 8.20. The van der Waals surface area contributed by atoms with Gasteiger partial charge < -0.3 is 10.1 Å². The third-order valence-electron chi connectivity index (χ3n) is 2.31. The zero-order valence-electron chi connectivity index (χ0n) is 8.20. The first kappa shape index (κ1) is 8.74. The Morgan fingerprint density at radius 1 is 1.50 bits per heavy atom. The minimum atomic E-state index is 0.0887. The van der Waals surface area contributed by atoms with E-state index >= 15 is 0 Å². The summed E-state index contributed by atoms with van der Waals surface area (Å²) in [5.74, 6) is 1.04. The van der Waals surface area contributed by atoms with Gasteiger partial charge in [-0.05, 0) is 26.0 Å². The van der Waals surface area contributed by atoms with Gasteiger partial charge in [-0.15, -0.1) is 0 Å². The molecule has 0 bridgehead atoms. The highest BCUT2D eigenvalue weighted by molar-refractivity contribution is 5.96. The number of aromatic nitrogens is 2. The quantitative estimate of drug-likeness (QED) is 0.522. The first-order chi connectivity index (χ1) is 6.59. The van der Waals surface area contributed by atoms with E-state index in [1.54, 1.807) is 0 Å². The lowest BCUT2D eigenvalue weighted by molar-refractivity contribution is 1.04. The van der Waals surface area contributed by atoms with Gasteiger partial charge in [0, 0.05) is 11.8 Å². The van der Waals surface area contributed by atoms with Crippen molar-refractivity contribution in [3.05, 3.63) is 35.4 Å². The lowest BCUT2D eigenvalue weighted by atomic mass is 10.2. The smallest absolute Gasteiger partial charge is 0.122 e. The second kappa shape index (κ2) is 2.83. The Hall–Kier alpha value is -1.84. The van der Waals surface area contributed by atoms with Crippen molar-refractivity contribution in [1.82, 2.24) is 9.38 Å². The molecular formula is C10H12N4. The van der Waals surface area contributed by atoms with E-state index in [-0.39, 0.29) is 5.84 Å². The van der Waals surface area contributed by atoms with Crippen molar-refractivity contribution in [2.45, 2.75) is 13.8 Å². The molecule has 0 radical (unpaired) electrons. The van der Waals surface area contributed by atoms with Crippen molar-refractivity contribution >= 4 is 11.4 Å². The molecule has 4 heteroatoms. The van der Waals surface area contributed by atoms with Crippen molar-refractivity contribution in [3.8, 4) is 0 Å². The summed E-state index contributed by atoms with van der Waals surface area (Å²) in [5.41, 5.74) is 8.12. The number of hydrogen-bond donors (Lipinski definition) is 2. The Kier molecular flexibility index (Phi) is 1.77. The Morgan fingerprint density at radius 2 is 2.21 bits per heavy atom. The Morgan fingerprint density at radius 3 is 2.86 bits per heavy atom. The predicted molar refractivity (Wildman–Crippen MR) is 55.7 cm³/mol. The number of hydrogen-bond acceptors (Lipinski definition) is 2. The summed E-state index contributed by atoms with van der Waals surface area (Å²) in [6, 6.07) is 3.71. The molecule has 2 aromatic rings. The molecule has 0 unspecified atom stereocenters. The van der Waals surface area contributed by atoms with E-state index in [1.165, 1.54) is 0 Å². The van der Waals surface area contributed by atoms with E-state index in [2.05, 4.69) is 4.98 Å². The summed E-state index contributed by atoms with van der Waals surface area (Å²) >= 11 is 0. The van der Waals surface area contributed by atoms with Gasteiger partial charge >= 0.3 is 0 Å². The zero-order chi connectivity index (χ0) is 10.3. The predicted octanol–water partition coefficient (Wildman–Crippen LogP) is 1.24. The van der Waals surface area contributed by atoms with Crippen molar-refractivity contribution in [1.29, 1.82) is 5.41 Å². The Labute approximate surface area is 81.9 Å². The molecule has 14 heavy (non-hydrogen) atoms. The van der Waals surface area contributed by atoms with Gasteiger partial charge in [-0.1, -0.05) is 0 Å². The average Bonchev–Trinajstić information content (AvgIpc) is 2.42. The molecule has 0 spiro atoms. The van der Waals surface area contributed by atoms with Gasteiger partial charge in [-0.3, -0.25) is 5.41 Å². The number of fused-ring (bicyclic) bond motifs is 1. The molecule has 0 fully saturated rings. The van der Waals surface area contributed by atoms with Crippen LogP contribution in [0.2, 0.25) is 0 Å². The molecule has 0 amide bonds. The standard InChI is InChI=1S/C10H12N4/c1-6-9-5-8(10(11)12)3-4-14(9)7(2)13-6/h3-5H,1-2H3,(H3,11,12). The van der Waals surface area contributed by atoms with Crippen LogP contribution in [-0.2, 0) is 0 Å². The summed E-state index contributed by atoms with van der Waals surface area (Å²) in [6.45, 7) is 3.90. The number of nitrogen functional groups attached to an aromatic ring is 1. The number of aryl methyl sites for hydroxylation is 2. The molecule has 2 heterocycles.